The molecule has 0 heterocycles. The summed E-state index contributed by atoms with van der Waals surface area (Å²) in [6.45, 7) is 9.44. The lowest BCUT2D eigenvalue weighted by Crippen LogP contribution is -2.50. The summed E-state index contributed by atoms with van der Waals surface area (Å²) in [7, 11) is 1.47. The molecule has 0 aromatic heterocycles. The quantitative estimate of drug-likeness (QED) is 0.439. The Balaban J connectivity index is 3.10. The largest absolute Gasteiger partial charge is 0.464 e. The van der Waals surface area contributed by atoms with Gasteiger partial charge in [0.1, 0.15) is 18.4 Å². The molecule has 6 nitrogen and oxygen atoms in total. The zero-order valence-electron chi connectivity index (χ0n) is 17.0. The second-order valence-electron chi connectivity index (χ2n) is 7.74. The molecule has 1 amide bonds. The lowest BCUT2D eigenvalue weighted by molar-refractivity contribution is -0.153. The van der Waals surface area contributed by atoms with Gasteiger partial charge in [0.05, 0.1) is 6.61 Å². The summed E-state index contributed by atoms with van der Waals surface area (Å²) in [5.74, 6) is -0.283. The van der Waals surface area contributed by atoms with Crippen molar-refractivity contribution in [3.63, 3.8) is 0 Å². The minimum Gasteiger partial charge on any atom is -0.464 e. The molecule has 0 spiro atoms. The van der Waals surface area contributed by atoms with Crippen molar-refractivity contribution in [2.24, 2.45) is 5.92 Å². The summed E-state index contributed by atoms with van der Waals surface area (Å²) in [6, 6.07) is 6.72. The normalized spacial score (nSPS) is 12.6. The number of halogens is 1. The molecule has 1 aromatic carbocycles. The van der Waals surface area contributed by atoms with Crippen LogP contribution in [-0.2, 0) is 25.4 Å². The highest BCUT2D eigenvalue weighted by molar-refractivity contribution is 9.10. The predicted octanol–water partition coefficient (Wildman–Crippen LogP) is 4.40. The molecule has 1 aromatic rings. The minimum atomic E-state index is -0.847. The molecule has 152 valence electrons. The van der Waals surface area contributed by atoms with Crippen LogP contribution in [0, 0.1) is 5.92 Å². The smallest absolute Gasteiger partial charge is 0.412 e. The number of hydrogen-bond acceptors (Lipinski definition) is 5. The molecule has 0 unspecified atom stereocenters. The third-order valence-corrected chi connectivity index (χ3v) is 3.97. The van der Waals surface area contributed by atoms with Gasteiger partial charge >= 0.3 is 12.1 Å². The minimum absolute atomic E-state index is 0.0765. The fourth-order valence-corrected chi connectivity index (χ4v) is 2.50. The molecule has 0 saturated carbocycles. The number of methoxy groups -OCH3 is 1. The van der Waals surface area contributed by atoms with E-state index in [1.807, 2.05) is 38.1 Å². The van der Waals surface area contributed by atoms with Crippen LogP contribution in [0.25, 0.3) is 0 Å². The van der Waals surface area contributed by atoms with Crippen molar-refractivity contribution in [3.8, 4) is 0 Å². The summed E-state index contributed by atoms with van der Waals surface area (Å²) in [5, 5.41) is 0. The molecular weight excluding hydrogens is 414 g/mol. The van der Waals surface area contributed by atoms with Gasteiger partial charge in [0.15, 0.2) is 0 Å². The fraction of sp³-hybridized carbons (Fsp3) is 0.600. The lowest BCUT2D eigenvalue weighted by atomic mass is 10.1. The number of carbonyl (C=O) groups is 2. The molecule has 0 radical (unpaired) electrons. The molecule has 0 aliphatic rings. The van der Waals surface area contributed by atoms with E-state index in [2.05, 4.69) is 15.9 Å². The molecule has 0 aliphatic carbocycles. The molecular formula is C20H30BrNO5. The molecule has 0 fully saturated rings. The molecule has 1 atom stereocenters. The van der Waals surface area contributed by atoms with Crippen molar-refractivity contribution in [1.29, 1.82) is 0 Å². The van der Waals surface area contributed by atoms with Crippen molar-refractivity contribution >= 4 is 28.0 Å². The third kappa shape index (κ3) is 8.75. The number of esters is 1. The van der Waals surface area contributed by atoms with Gasteiger partial charge in [-0.15, -0.1) is 0 Å². The molecule has 0 N–H and O–H groups in total. The third-order valence-electron chi connectivity index (χ3n) is 3.45. The maximum absolute atomic E-state index is 12.8. The molecule has 27 heavy (non-hydrogen) atoms. The number of nitrogens with zero attached hydrogens (tertiary/aromatic N) is 1. The Hall–Kier alpha value is -1.60. The Morgan fingerprint density at radius 1 is 1.15 bits per heavy atom. The Morgan fingerprint density at radius 3 is 2.22 bits per heavy atom. The van der Waals surface area contributed by atoms with Gasteiger partial charge in [-0.1, -0.05) is 41.9 Å². The Bertz CT molecular complexity index is 610. The number of carbonyl (C=O) groups excluding carboxylic acids is 2. The Labute approximate surface area is 170 Å². The average molecular weight is 444 g/mol. The van der Waals surface area contributed by atoms with E-state index in [1.165, 1.54) is 12.0 Å². The maximum Gasteiger partial charge on any atom is 0.412 e. The summed E-state index contributed by atoms with van der Waals surface area (Å²) in [4.78, 5) is 26.7. The predicted molar refractivity (Wildman–Crippen MR) is 107 cm³/mol. The first-order chi connectivity index (χ1) is 12.5. The van der Waals surface area contributed by atoms with Crippen molar-refractivity contribution in [2.75, 3.05) is 20.4 Å². The van der Waals surface area contributed by atoms with Crippen LogP contribution < -0.4 is 0 Å². The van der Waals surface area contributed by atoms with E-state index in [0.29, 0.717) is 6.42 Å². The first kappa shape index (κ1) is 23.4. The second kappa shape index (κ2) is 10.7. The highest BCUT2D eigenvalue weighted by Crippen LogP contribution is 2.18. The number of hydrogen-bond donors (Lipinski definition) is 0. The molecule has 1 rings (SSSR count). The van der Waals surface area contributed by atoms with Gasteiger partial charge in [-0.2, -0.15) is 0 Å². The van der Waals surface area contributed by atoms with Gasteiger partial charge < -0.3 is 14.2 Å². The van der Waals surface area contributed by atoms with Crippen LogP contribution >= 0.6 is 15.9 Å². The first-order valence-electron chi connectivity index (χ1n) is 8.93. The average Bonchev–Trinajstić information content (AvgIpc) is 2.55. The maximum atomic E-state index is 12.8. The number of ether oxygens (including phenoxy) is 3. The molecule has 0 bridgehead atoms. The monoisotopic (exact) mass is 443 g/mol. The van der Waals surface area contributed by atoms with Crippen LogP contribution in [0.4, 0.5) is 4.79 Å². The summed E-state index contributed by atoms with van der Waals surface area (Å²) in [5.41, 5.74) is 0.210. The second-order valence-corrected chi connectivity index (χ2v) is 8.65. The lowest BCUT2D eigenvalue weighted by Gasteiger charge is -2.32. The van der Waals surface area contributed by atoms with Gasteiger partial charge in [-0.3, -0.25) is 4.90 Å². The van der Waals surface area contributed by atoms with Gasteiger partial charge in [0, 0.05) is 18.0 Å². The Kier molecular flexibility index (Phi) is 9.26. The molecule has 0 saturated heterocycles. The standard InChI is InChI=1S/C20H30BrNO5/c1-14(2)12-26-18(23)17(11-15-7-9-16(21)10-8-15)22(13-25-6)19(24)27-20(3,4)5/h7-10,14,17H,11-13H2,1-6H3/t17-/m0/s1. The highest BCUT2D eigenvalue weighted by Gasteiger charge is 2.34. The fourth-order valence-electron chi connectivity index (χ4n) is 2.24. The van der Waals surface area contributed by atoms with Gasteiger partial charge in [0.25, 0.3) is 0 Å². The van der Waals surface area contributed by atoms with E-state index in [4.69, 9.17) is 14.2 Å². The topological polar surface area (TPSA) is 65.1 Å². The van der Waals surface area contributed by atoms with Crippen molar-refractivity contribution in [1.82, 2.24) is 4.90 Å². The van der Waals surface area contributed by atoms with Crippen LogP contribution in [0.5, 0.6) is 0 Å². The van der Waals surface area contributed by atoms with Crippen LogP contribution in [0.2, 0.25) is 0 Å². The van der Waals surface area contributed by atoms with Crippen LogP contribution in [0.15, 0.2) is 28.7 Å². The summed E-state index contributed by atoms with van der Waals surface area (Å²) in [6.07, 6.45) is -0.319. The van der Waals surface area contributed by atoms with E-state index in [-0.39, 0.29) is 19.3 Å². The van der Waals surface area contributed by atoms with Crippen molar-refractivity contribution in [2.45, 2.75) is 52.7 Å². The Morgan fingerprint density at radius 2 is 1.74 bits per heavy atom. The van der Waals surface area contributed by atoms with Crippen LogP contribution in [0.1, 0.15) is 40.2 Å². The van der Waals surface area contributed by atoms with Crippen LogP contribution in [0.3, 0.4) is 0 Å². The van der Waals surface area contributed by atoms with E-state index < -0.39 is 23.7 Å². The SMILES string of the molecule is COCN(C(=O)OC(C)(C)C)[C@@H](Cc1ccc(Br)cc1)C(=O)OCC(C)C. The molecule has 0 aliphatic heterocycles. The summed E-state index contributed by atoms with van der Waals surface area (Å²) >= 11 is 3.40. The van der Waals surface area contributed by atoms with Crippen molar-refractivity contribution < 1.29 is 23.8 Å². The van der Waals surface area contributed by atoms with E-state index in [9.17, 15) is 9.59 Å². The molecule has 7 heteroatoms. The van der Waals surface area contributed by atoms with Crippen LogP contribution in [-0.4, -0.2) is 49.1 Å². The number of rotatable bonds is 8. The first-order valence-corrected chi connectivity index (χ1v) is 9.72. The number of amides is 1. The van der Waals surface area contributed by atoms with Crippen molar-refractivity contribution in [3.05, 3.63) is 34.3 Å². The van der Waals surface area contributed by atoms with Gasteiger partial charge in [0.2, 0.25) is 0 Å². The van der Waals surface area contributed by atoms with Gasteiger partial charge in [-0.25, -0.2) is 9.59 Å². The zero-order chi connectivity index (χ0) is 20.6. The number of benzene rings is 1. The van der Waals surface area contributed by atoms with E-state index in [0.717, 1.165) is 10.0 Å². The van der Waals surface area contributed by atoms with Gasteiger partial charge in [-0.05, 0) is 44.4 Å². The van der Waals surface area contributed by atoms with E-state index in [1.54, 1.807) is 20.8 Å². The zero-order valence-corrected chi connectivity index (χ0v) is 18.5. The van der Waals surface area contributed by atoms with E-state index >= 15 is 0 Å². The summed E-state index contributed by atoms with van der Waals surface area (Å²) < 4.78 is 17.0. The highest BCUT2D eigenvalue weighted by atomic mass is 79.9.